The molecule has 0 spiro atoms. The molecule has 1 N–H and O–H groups in total. The molecule has 0 aromatic carbocycles. The van der Waals surface area contributed by atoms with Crippen LogP contribution >= 0.6 is 0 Å². The molecule has 0 amide bonds. The van der Waals surface area contributed by atoms with Gasteiger partial charge >= 0.3 is 0 Å². The van der Waals surface area contributed by atoms with E-state index in [1.165, 1.54) is 32.1 Å². The van der Waals surface area contributed by atoms with Crippen LogP contribution < -0.4 is 5.32 Å². The van der Waals surface area contributed by atoms with E-state index in [4.69, 9.17) is 4.52 Å². The molecule has 1 aliphatic heterocycles. The van der Waals surface area contributed by atoms with Gasteiger partial charge in [0.2, 0.25) is 5.89 Å². The van der Waals surface area contributed by atoms with Crippen molar-refractivity contribution in [2.45, 2.75) is 51.5 Å². The van der Waals surface area contributed by atoms with Crippen LogP contribution in [0.4, 0.5) is 0 Å². The monoisotopic (exact) mass is 278 g/mol. The molecule has 3 rings (SSSR count). The van der Waals surface area contributed by atoms with Crippen LogP contribution in [0.5, 0.6) is 0 Å². The van der Waals surface area contributed by atoms with Crippen LogP contribution in [0.25, 0.3) is 0 Å². The summed E-state index contributed by atoms with van der Waals surface area (Å²) < 4.78 is 5.47. The maximum absolute atomic E-state index is 5.47. The zero-order chi connectivity index (χ0) is 13.8. The van der Waals surface area contributed by atoms with E-state index in [-0.39, 0.29) is 0 Å². The lowest BCUT2D eigenvalue weighted by Gasteiger charge is -2.26. The van der Waals surface area contributed by atoms with Gasteiger partial charge in [0.1, 0.15) is 0 Å². The zero-order valence-electron chi connectivity index (χ0n) is 12.5. The topological polar surface area (TPSA) is 54.2 Å². The summed E-state index contributed by atoms with van der Waals surface area (Å²) in [4.78, 5) is 7.04. The lowest BCUT2D eigenvalue weighted by molar-refractivity contribution is 0.203. The lowest BCUT2D eigenvalue weighted by Crippen LogP contribution is -2.42. The third-order valence-electron chi connectivity index (χ3n) is 4.78. The van der Waals surface area contributed by atoms with E-state index in [2.05, 4.69) is 27.3 Å². The number of nitrogens with zero attached hydrogens (tertiary/aromatic N) is 3. The standard InChI is InChI=1S/C15H26N4O/c1-2-12-4-3-5-13(10-12)15-17-14(20-18-15)11-19-8-6-16-7-9-19/h12-13,16H,2-11H2,1H3. The normalized spacial score (nSPS) is 28.6. The Labute approximate surface area is 121 Å². The Morgan fingerprint density at radius 1 is 1.30 bits per heavy atom. The first-order valence-electron chi connectivity index (χ1n) is 8.10. The number of piperazine rings is 1. The Hall–Kier alpha value is -0.940. The second-order valence-electron chi connectivity index (χ2n) is 6.21. The smallest absolute Gasteiger partial charge is 0.240 e. The van der Waals surface area contributed by atoms with Gasteiger partial charge in [-0.3, -0.25) is 4.90 Å². The van der Waals surface area contributed by atoms with E-state index in [0.717, 1.165) is 50.4 Å². The molecule has 0 radical (unpaired) electrons. The van der Waals surface area contributed by atoms with Crippen LogP contribution in [0.1, 0.15) is 56.7 Å². The minimum absolute atomic E-state index is 0.522. The number of hydrogen-bond acceptors (Lipinski definition) is 5. The van der Waals surface area contributed by atoms with Crippen LogP contribution in [0.2, 0.25) is 0 Å². The highest BCUT2D eigenvalue weighted by Crippen LogP contribution is 2.36. The Bertz CT molecular complexity index is 414. The van der Waals surface area contributed by atoms with Crippen molar-refractivity contribution in [2.24, 2.45) is 5.92 Å². The van der Waals surface area contributed by atoms with E-state index >= 15 is 0 Å². The summed E-state index contributed by atoms with van der Waals surface area (Å²) >= 11 is 0. The van der Waals surface area contributed by atoms with Gasteiger partial charge in [-0.25, -0.2) is 0 Å². The summed E-state index contributed by atoms with van der Waals surface area (Å²) in [6.45, 7) is 7.35. The van der Waals surface area contributed by atoms with Gasteiger partial charge in [0.15, 0.2) is 5.82 Å². The van der Waals surface area contributed by atoms with Crippen molar-refractivity contribution >= 4 is 0 Å². The second kappa shape index (κ2) is 6.68. The maximum atomic E-state index is 5.47. The molecular formula is C15H26N4O. The summed E-state index contributed by atoms with van der Waals surface area (Å²) in [5, 5.41) is 7.61. The van der Waals surface area contributed by atoms with E-state index < -0.39 is 0 Å². The van der Waals surface area contributed by atoms with Gasteiger partial charge in [0.25, 0.3) is 0 Å². The largest absolute Gasteiger partial charge is 0.338 e. The molecule has 5 heteroatoms. The number of nitrogens with one attached hydrogen (secondary N) is 1. The molecule has 2 atom stereocenters. The van der Waals surface area contributed by atoms with Crippen molar-refractivity contribution in [1.29, 1.82) is 0 Å². The van der Waals surface area contributed by atoms with Gasteiger partial charge in [0, 0.05) is 32.1 Å². The van der Waals surface area contributed by atoms with Crippen LogP contribution in [-0.2, 0) is 6.54 Å². The molecule has 1 saturated carbocycles. The highest BCUT2D eigenvalue weighted by molar-refractivity contribution is 4.98. The molecule has 20 heavy (non-hydrogen) atoms. The zero-order valence-corrected chi connectivity index (χ0v) is 12.5. The molecule has 1 aliphatic carbocycles. The van der Waals surface area contributed by atoms with Gasteiger partial charge in [-0.15, -0.1) is 0 Å². The van der Waals surface area contributed by atoms with Crippen molar-refractivity contribution in [3.63, 3.8) is 0 Å². The highest BCUT2D eigenvalue weighted by atomic mass is 16.5. The van der Waals surface area contributed by atoms with Crippen molar-refractivity contribution in [3.05, 3.63) is 11.7 Å². The summed E-state index contributed by atoms with van der Waals surface area (Å²) in [5.74, 6) is 3.12. The Balaban J connectivity index is 1.58. The summed E-state index contributed by atoms with van der Waals surface area (Å²) in [6.07, 6.45) is 6.43. The molecule has 2 fully saturated rings. The lowest BCUT2D eigenvalue weighted by atomic mass is 9.80. The first-order valence-corrected chi connectivity index (χ1v) is 8.10. The van der Waals surface area contributed by atoms with Gasteiger partial charge in [-0.1, -0.05) is 31.3 Å². The van der Waals surface area contributed by atoms with Crippen molar-refractivity contribution in [1.82, 2.24) is 20.4 Å². The van der Waals surface area contributed by atoms with Gasteiger partial charge in [-0.05, 0) is 18.8 Å². The van der Waals surface area contributed by atoms with Crippen molar-refractivity contribution in [3.8, 4) is 0 Å². The van der Waals surface area contributed by atoms with Crippen molar-refractivity contribution < 1.29 is 4.52 Å². The molecule has 112 valence electrons. The van der Waals surface area contributed by atoms with E-state index in [1.807, 2.05) is 0 Å². The second-order valence-corrected chi connectivity index (χ2v) is 6.21. The molecule has 0 bridgehead atoms. The highest BCUT2D eigenvalue weighted by Gasteiger charge is 2.26. The van der Waals surface area contributed by atoms with Crippen LogP contribution in [0.15, 0.2) is 4.52 Å². The quantitative estimate of drug-likeness (QED) is 0.914. The molecule has 2 heterocycles. The molecule has 2 unspecified atom stereocenters. The first kappa shape index (κ1) is 14.0. The van der Waals surface area contributed by atoms with Crippen LogP contribution in [0.3, 0.4) is 0 Å². The van der Waals surface area contributed by atoms with Gasteiger partial charge in [-0.2, -0.15) is 4.98 Å². The Morgan fingerprint density at radius 3 is 2.95 bits per heavy atom. The number of rotatable bonds is 4. The molecule has 1 aromatic heterocycles. The minimum Gasteiger partial charge on any atom is -0.338 e. The average Bonchev–Trinajstić information content (AvgIpc) is 2.97. The summed E-state index contributed by atoms with van der Waals surface area (Å²) in [7, 11) is 0. The SMILES string of the molecule is CCC1CCCC(c2noc(CN3CCNCC3)n2)C1. The first-order chi connectivity index (χ1) is 9.85. The fraction of sp³-hybridized carbons (Fsp3) is 0.867. The Kier molecular flexibility index (Phi) is 4.68. The van der Waals surface area contributed by atoms with E-state index in [9.17, 15) is 0 Å². The predicted molar refractivity (Wildman–Crippen MR) is 77.4 cm³/mol. The van der Waals surface area contributed by atoms with Gasteiger partial charge < -0.3 is 9.84 Å². The minimum atomic E-state index is 0.522. The molecule has 2 aliphatic rings. The maximum Gasteiger partial charge on any atom is 0.240 e. The van der Waals surface area contributed by atoms with E-state index in [1.54, 1.807) is 0 Å². The molecule has 1 aromatic rings. The van der Waals surface area contributed by atoms with Gasteiger partial charge in [0.05, 0.1) is 6.54 Å². The van der Waals surface area contributed by atoms with Crippen LogP contribution in [0, 0.1) is 5.92 Å². The summed E-state index contributed by atoms with van der Waals surface area (Å²) in [5.41, 5.74) is 0. The predicted octanol–water partition coefficient (Wildman–Crippen LogP) is 2.16. The Morgan fingerprint density at radius 2 is 2.15 bits per heavy atom. The molecular weight excluding hydrogens is 252 g/mol. The fourth-order valence-corrected chi connectivity index (χ4v) is 3.45. The van der Waals surface area contributed by atoms with Crippen LogP contribution in [-0.4, -0.2) is 41.2 Å². The van der Waals surface area contributed by atoms with E-state index in [0.29, 0.717) is 5.92 Å². The average molecular weight is 278 g/mol. The summed E-state index contributed by atoms with van der Waals surface area (Å²) in [6, 6.07) is 0. The molecule has 5 nitrogen and oxygen atoms in total. The van der Waals surface area contributed by atoms with Crippen molar-refractivity contribution in [2.75, 3.05) is 26.2 Å². The fourth-order valence-electron chi connectivity index (χ4n) is 3.45. The number of hydrogen-bond donors (Lipinski definition) is 1. The number of aromatic nitrogens is 2. The third-order valence-corrected chi connectivity index (χ3v) is 4.78. The third kappa shape index (κ3) is 3.38. The molecule has 1 saturated heterocycles.